The van der Waals surface area contributed by atoms with Crippen molar-refractivity contribution in [3.63, 3.8) is 0 Å². The Morgan fingerprint density at radius 3 is 1.84 bits per heavy atom. The molecule has 0 spiro atoms. The zero-order chi connectivity index (χ0) is 22.2. The van der Waals surface area contributed by atoms with Crippen LogP contribution in [0.1, 0.15) is 42.9 Å². The van der Waals surface area contributed by atoms with Crippen LogP contribution in [0.2, 0.25) is 0 Å². The van der Waals surface area contributed by atoms with Gasteiger partial charge in [-0.2, -0.15) is 0 Å². The normalized spacial score (nSPS) is 12.4. The predicted molar refractivity (Wildman–Crippen MR) is 121 cm³/mol. The molecule has 0 radical (unpaired) electrons. The van der Waals surface area contributed by atoms with Crippen LogP contribution in [0.25, 0.3) is 0 Å². The van der Waals surface area contributed by atoms with E-state index < -0.39 is 0 Å². The van der Waals surface area contributed by atoms with Gasteiger partial charge in [-0.15, -0.1) is 0 Å². The quantitative estimate of drug-likeness (QED) is 0.471. The maximum atomic E-state index is 12.4. The molecule has 0 aliphatic carbocycles. The standard InChI is InChI=1S/C23H26N6O2/c1-15-10-11-18(28-22(30)26-16(2)19-8-4-6-12-24-19)14-21(15)29-23(31)27-17(3)20-9-5-7-13-25-20/h4-14,16-17H,1-3H3,(H2,26,28,30)(H2,27,29,31). The average Bonchev–Trinajstić information content (AvgIpc) is 2.77. The van der Waals surface area contributed by atoms with E-state index in [1.54, 1.807) is 24.5 Å². The molecule has 4 amide bonds. The lowest BCUT2D eigenvalue weighted by Gasteiger charge is -2.17. The summed E-state index contributed by atoms with van der Waals surface area (Å²) in [6, 6.07) is 15.2. The largest absolute Gasteiger partial charge is 0.330 e. The number of carbonyl (C=O) groups excluding carboxylic acids is 2. The number of benzene rings is 1. The molecule has 2 aromatic heterocycles. The summed E-state index contributed by atoms with van der Waals surface area (Å²) in [7, 11) is 0. The second-order valence-corrected chi connectivity index (χ2v) is 7.18. The molecule has 4 N–H and O–H groups in total. The lowest BCUT2D eigenvalue weighted by atomic mass is 10.1. The number of pyridine rings is 2. The third kappa shape index (κ3) is 6.27. The van der Waals surface area contributed by atoms with Crippen LogP contribution in [0.5, 0.6) is 0 Å². The van der Waals surface area contributed by atoms with Crippen molar-refractivity contribution in [1.82, 2.24) is 20.6 Å². The maximum absolute atomic E-state index is 12.4. The maximum Gasteiger partial charge on any atom is 0.319 e. The molecule has 2 heterocycles. The summed E-state index contributed by atoms with van der Waals surface area (Å²) in [5.41, 5.74) is 3.56. The van der Waals surface area contributed by atoms with E-state index in [2.05, 4.69) is 31.2 Å². The zero-order valence-electron chi connectivity index (χ0n) is 17.7. The highest BCUT2D eigenvalue weighted by atomic mass is 16.2. The highest BCUT2D eigenvalue weighted by Gasteiger charge is 2.13. The average molecular weight is 419 g/mol. The zero-order valence-corrected chi connectivity index (χ0v) is 17.7. The number of rotatable bonds is 6. The van der Waals surface area contributed by atoms with Crippen molar-refractivity contribution in [2.45, 2.75) is 32.9 Å². The first-order valence-corrected chi connectivity index (χ1v) is 10.00. The first kappa shape index (κ1) is 21.8. The molecule has 0 bridgehead atoms. The van der Waals surface area contributed by atoms with Crippen molar-refractivity contribution in [2.24, 2.45) is 0 Å². The smallest absolute Gasteiger partial charge is 0.319 e. The number of amides is 4. The van der Waals surface area contributed by atoms with E-state index in [-0.39, 0.29) is 24.1 Å². The summed E-state index contributed by atoms with van der Waals surface area (Å²) in [5.74, 6) is 0. The van der Waals surface area contributed by atoms with Crippen LogP contribution < -0.4 is 21.3 Å². The molecule has 3 aromatic rings. The van der Waals surface area contributed by atoms with E-state index in [0.717, 1.165) is 17.0 Å². The lowest BCUT2D eigenvalue weighted by molar-refractivity contribution is 0.248. The highest BCUT2D eigenvalue weighted by molar-refractivity contribution is 5.93. The van der Waals surface area contributed by atoms with Crippen LogP contribution in [-0.2, 0) is 0 Å². The molecular weight excluding hydrogens is 392 g/mol. The molecule has 8 nitrogen and oxygen atoms in total. The SMILES string of the molecule is Cc1ccc(NC(=O)NC(C)c2ccccn2)cc1NC(=O)NC(C)c1ccccn1. The Hall–Kier alpha value is -3.94. The number of aryl methyl sites for hydroxylation is 1. The molecule has 2 atom stereocenters. The summed E-state index contributed by atoms with van der Waals surface area (Å²) in [6.45, 7) is 5.60. The van der Waals surface area contributed by atoms with Gasteiger partial charge in [-0.25, -0.2) is 9.59 Å². The summed E-state index contributed by atoms with van der Waals surface area (Å²) >= 11 is 0. The fraction of sp³-hybridized carbons (Fsp3) is 0.217. The van der Waals surface area contributed by atoms with Gasteiger partial charge in [0.2, 0.25) is 0 Å². The summed E-state index contributed by atoms with van der Waals surface area (Å²) in [6.07, 6.45) is 3.37. The number of urea groups is 2. The second kappa shape index (κ2) is 10.2. The van der Waals surface area contributed by atoms with Crippen molar-refractivity contribution >= 4 is 23.4 Å². The number of aromatic nitrogens is 2. The first-order valence-electron chi connectivity index (χ1n) is 10.00. The van der Waals surface area contributed by atoms with Gasteiger partial charge < -0.3 is 21.3 Å². The molecule has 0 aliphatic heterocycles. The van der Waals surface area contributed by atoms with Crippen LogP contribution in [0.15, 0.2) is 67.0 Å². The molecule has 160 valence electrons. The summed E-state index contributed by atoms with van der Waals surface area (Å²) in [5, 5.41) is 11.3. The van der Waals surface area contributed by atoms with E-state index in [0.29, 0.717) is 11.4 Å². The molecular formula is C23H26N6O2. The lowest BCUT2D eigenvalue weighted by Crippen LogP contribution is -2.32. The molecule has 0 saturated carbocycles. The minimum Gasteiger partial charge on any atom is -0.330 e. The number of nitrogens with zero attached hydrogens (tertiary/aromatic N) is 2. The predicted octanol–water partition coefficient (Wildman–Crippen LogP) is 4.55. The number of hydrogen-bond donors (Lipinski definition) is 4. The molecule has 0 fully saturated rings. The van der Waals surface area contributed by atoms with Crippen molar-refractivity contribution < 1.29 is 9.59 Å². The van der Waals surface area contributed by atoms with Gasteiger partial charge >= 0.3 is 12.1 Å². The minimum absolute atomic E-state index is 0.247. The van der Waals surface area contributed by atoms with E-state index >= 15 is 0 Å². The molecule has 31 heavy (non-hydrogen) atoms. The number of nitrogens with one attached hydrogen (secondary N) is 4. The van der Waals surface area contributed by atoms with E-state index in [1.165, 1.54) is 0 Å². The van der Waals surface area contributed by atoms with Gasteiger partial charge in [0.15, 0.2) is 0 Å². The van der Waals surface area contributed by atoms with Crippen LogP contribution >= 0.6 is 0 Å². The van der Waals surface area contributed by atoms with Crippen LogP contribution in [-0.4, -0.2) is 22.0 Å². The van der Waals surface area contributed by atoms with Gasteiger partial charge in [-0.3, -0.25) is 9.97 Å². The third-order valence-corrected chi connectivity index (χ3v) is 4.70. The van der Waals surface area contributed by atoms with Gasteiger partial charge in [0.05, 0.1) is 23.5 Å². The first-order chi connectivity index (χ1) is 14.9. The highest BCUT2D eigenvalue weighted by Crippen LogP contribution is 2.21. The molecule has 0 saturated heterocycles. The van der Waals surface area contributed by atoms with Gasteiger partial charge in [-0.1, -0.05) is 18.2 Å². The molecule has 2 unspecified atom stereocenters. The van der Waals surface area contributed by atoms with Gasteiger partial charge in [0, 0.05) is 23.8 Å². The topological polar surface area (TPSA) is 108 Å². The van der Waals surface area contributed by atoms with Gasteiger partial charge in [-0.05, 0) is 62.7 Å². The Morgan fingerprint density at radius 1 is 0.774 bits per heavy atom. The van der Waals surface area contributed by atoms with Crippen molar-refractivity contribution in [1.29, 1.82) is 0 Å². The Labute approximate surface area is 181 Å². The Bertz CT molecular complexity index is 1030. The van der Waals surface area contributed by atoms with Crippen LogP contribution in [0.3, 0.4) is 0 Å². The minimum atomic E-state index is -0.360. The Morgan fingerprint density at radius 2 is 1.32 bits per heavy atom. The fourth-order valence-corrected chi connectivity index (χ4v) is 2.97. The third-order valence-electron chi connectivity index (χ3n) is 4.70. The fourth-order valence-electron chi connectivity index (χ4n) is 2.97. The molecule has 3 rings (SSSR count). The van der Waals surface area contributed by atoms with Crippen LogP contribution in [0, 0.1) is 6.92 Å². The van der Waals surface area contributed by atoms with Crippen molar-refractivity contribution in [2.75, 3.05) is 10.6 Å². The number of hydrogen-bond acceptors (Lipinski definition) is 4. The van der Waals surface area contributed by atoms with E-state index in [9.17, 15) is 9.59 Å². The molecule has 8 heteroatoms. The Balaban J connectivity index is 1.59. The van der Waals surface area contributed by atoms with Crippen molar-refractivity contribution in [3.05, 3.63) is 83.9 Å². The Kier molecular flexibility index (Phi) is 7.16. The van der Waals surface area contributed by atoms with Gasteiger partial charge in [0.1, 0.15) is 0 Å². The summed E-state index contributed by atoms with van der Waals surface area (Å²) in [4.78, 5) is 33.3. The molecule has 1 aromatic carbocycles. The van der Waals surface area contributed by atoms with E-state index in [4.69, 9.17) is 0 Å². The second-order valence-electron chi connectivity index (χ2n) is 7.18. The van der Waals surface area contributed by atoms with E-state index in [1.807, 2.05) is 63.2 Å². The number of anilines is 2. The van der Waals surface area contributed by atoms with Crippen molar-refractivity contribution in [3.8, 4) is 0 Å². The molecule has 0 aliphatic rings. The monoisotopic (exact) mass is 418 g/mol. The van der Waals surface area contributed by atoms with Gasteiger partial charge in [0.25, 0.3) is 0 Å². The number of carbonyl (C=O) groups is 2. The summed E-state index contributed by atoms with van der Waals surface area (Å²) < 4.78 is 0. The van der Waals surface area contributed by atoms with Crippen LogP contribution in [0.4, 0.5) is 21.0 Å².